The molecule has 4 heteroatoms. The normalized spacial score (nSPS) is 10.4. The number of aromatic nitrogens is 2. The van der Waals surface area contributed by atoms with E-state index in [9.17, 15) is 0 Å². The van der Waals surface area contributed by atoms with Crippen molar-refractivity contribution in [3.63, 3.8) is 0 Å². The van der Waals surface area contributed by atoms with Crippen LogP contribution in [0.25, 0.3) is 11.3 Å². The lowest BCUT2D eigenvalue weighted by molar-refractivity contribution is 0.416. The van der Waals surface area contributed by atoms with E-state index in [2.05, 4.69) is 9.97 Å². The van der Waals surface area contributed by atoms with Gasteiger partial charge in [0.15, 0.2) is 5.95 Å². The average molecular weight is 217 g/mol. The number of hydrogen-bond acceptors (Lipinski definition) is 3. The van der Waals surface area contributed by atoms with Crippen molar-refractivity contribution < 1.29 is 4.74 Å². The Bertz CT molecular complexity index is 517. The van der Waals surface area contributed by atoms with Gasteiger partial charge in [-0.15, -0.1) is 0 Å². The van der Waals surface area contributed by atoms with Crippen molar-refractivity contribution in [3.8, 4) is 17.0 Å². The van der Waals surface area contributed by atoms with E-state index in [0.717, 1.165) is 28.3 Å². The zero-order valence-corrected chi connectivity index (χ0v) is 9.66. The summed E-state index contributed by atoms with van der Waals surface area (Å²) in [7, 11) is 1.65. The SMILES string of the molecule is COc1ccc(C)cc1-c1nc(N)[nH]c1C. The summed E-state index contributed by atoms with van der Waals surface area (Å²) in [4.78, 5) is 7.26. The van der Waals surface area contributed by atoms with Crippen LogP contribution in [0.1, 0.15) is 11.3 Å². The van der Waals surface area contributed by atoms with Crippen LogP contribution in [0.3, 0.4) is 0 Å². The molecule has 16 heavy (non-hydrogen) atoms. The number of imidazole rings is 1. The molecule has 0 aliphatic carbocycles. The first kappa shape index (κ1) is 10.5. The molecule has 0 saturated heterocycles. The number of aryl methyl sites for hydroxylation is 2. The van der Waals surface area contributed by atoms with Gasteiger partial charge in [0.05, 0.1) is 12.8 Å². The number of anilines is 1. The number of benzene rings is 1. The largest absolute Gasteiger partial charge is 0.496 e. The van der Waals surface area contributed by atoms with Crippen LogP contribution in [0, 0.1) is 13.8 Å². The number of H-pyrrole nitrogens is 1. The van der Waals surface area contributed by atoms with Crippen molar-refractivity contribution >= 4 is 5.95 Å². The molecule has 0 radical (unpaired) electrons. The standard InChI is InChI=1S/C12H15N3O/c1-7-4-5-10(16-3)9(6-7)11-8(2)14-12(13)15-11/h4-6H,1-3H3,(H3,13,14,15). The molecule has 0 spiro atoms. The van der Waals surface area contributed by atoms with Gasteiger partial charge in [0.2, 0.25) is 0 Å². The number of nitrogens with zero attached hydrogens (tertiary/aromatic N) is 1. The molecule has 1 aromatic heterocycles. The quantitative estimate of drug-likeness (QED) is 0.811. The highest BCUT2D eigenvalue weighted by molar-refractivity contribution is 5.71. The van der Waals surface area contributed by atoms with Gasteiger partial charge < -0.3 is 15.5 Å². The second-order valence-electron chi connectivity index (χ2n) is 3.80. The van der Waals surface area contributed by atoms with Crippen LogP contribution in [0.5, 0.6) is 5.75 Å². The molecule has 1 heterocycles. The molecule has 0 amide bonds. The van der Waals surface area contributed by atoms with E-state index in [1.807, 2.05) is 32.0 Å². The molecule has 0 unspecified atom stereocenters. The van der Waals surface area contributed by atoms with E-state index in [4.69, 9.17) is 10.5 Å². The van der Waals surface area contributed by atoms with Crippen LogP contribution in [0.15, 0.2) is 18.2 Å². The van der Waals surface area contributed by atoms with Crippen LogP contribution in [-0.4, -0.2) is 17.1 Å². The molecular formula is C12H15N3O. The summed E-state index contributed by atoms with van der Waals surface area (Å²) in [5, 5.41) is 0. The van der Waals surface area contributed by atoms with Gasteiger partial charge in [0.1, 0.15) is 5.75 Å². The fourth-order valence-corrected chi connectivity index (χ4v) is 1.75. The molecule has 2 aromatic rings. The predicted octanol–water partition coefficient (Wildman–Crippen LogP) is 2.28. The van der Waals surface area contributed by atoms with Crippen LogP contribution in [-0.2, 0) is 0 Å². The Morgan fingerprint density at radius 2 is 2.06 bits per heavy atom. The summed E-state index contributed by atoms with van der Waals surface area (Å²) in [6.45, 7) is 3.98. The number of ether oxygens (including phenoxy) is 1. The van der Waals surface area contributed by atoms with Crippen molar-refractivity contribution in [2.45, 2.75) is 13.8 Å². The third-order valence-electron chi connectivity index (χ3n) is 2.51. The predicted molar refractivity (Wildman–Crippen MR) is 64.5 cm³/mol. The molecule has 2 rings (SSSR count). The van der Waals surface area contributed by atoms with Crippen LogP contribution < -0.4 is 10.5 Å². The molecule has 0 bridgehead atoms. The Kier molecular flexibility index (Phi) is 2.56. The molecule has 0 aliphatic rings. The lowest BCUT2D eigenvalue weighted by Gasteiger charge is -2.07. The van der Waals surface area contributed by atoms with E-state index in [-0.39, 0.29) is 0 Å². The van der Waals surface area contributed by atoms with Gasteiger partial charge in [-0.3, -0.25) is 0 Å². The van der Waals surface area contributed by atoms with Gasteiger partial charge in [0, 0.05) is 11.3 Å². The second kappa shape index (κ2) is 3.89. The molecule has 0 fully saturated rings. The van der Waals surface area contributed by atoms with Crippen molar-refractivity contribution in [1.29, 1.82) is 0 Å². The van der Waals surface area contributed by atoms with Crippen molar-refractivity contribution in [1.82, 2.24) is 9.97 Å². The lowest BCUT2D eigenvalue weighted by Crippen LogP contribution is -1.91. The maximum Gasteiger partial charge on any atom is 0.198 e. The highest BCUT2D eigenvalue weighted by Gasteiger charge is 2.12. The summed E-state index contributed by atoms with van der Waals surface area (Å²) in [5.74, 6) is 1.23. The summed E-state index contributed by atoms with van der Waals surface area (Å²) >= 11 is 0. The number of rotatable bonds is 2. The minimum atomic E-state index is 0.427. The fraction of sp³-hybridized carbons (Fsp3) is 0.250. The molecule has 1 aromatic carbocycles. The fourth-order valence-electron chi connectivity index (χ4n) is 1.75. The Hall–Kier alpha value is -1.97. The van der Waals surface area contributed by atoms with E-state index in [1.165, 1.54) is 0 Å². The van der Waals surface area contributed by atoms with Gasteiger partial charge in [-0.05, 0) is 26.0 Å². The minimum Gasteiger partial charge on any atom is -0.496 e. The molecule has 3 N–H and O–H groups in total. The first-order valence-corrected chi connectivity index (χ1v) is 5.09. The summed E-state index contributed by atoms with van der Waals surface area (Å²) in [5.41, 5.74) is 9.56. The van der Waals surface area contributed by atoms with Gasteiger partial charge in [-0.2, -0.15) is 0 Å². The first-order chi connectivity index (χ1) is 7.61. The number of hydrogen-bond donors (Lipinski definition) is 2. The Morgan fingerprint density at radius 1 is 1.31 bits per heavy atom. The number of methoxy groups -OCH3 is 1. The Morgan fingerprint density at radius 3 is 2.62 bits per heavy atom. The zero-order chi connectivity index (χ0) is 11.7. The van der Waals surface area contributed by atoms with Gasteiger partial charge in [-0.25, -0.2) is 4.98 Å². The Labute approximate surface area is 94.5 Å². The van der Waals surface area contributed by atoms with Gasteiger partial charge in [0.25, 0.3) is 0 Å². The van der Waals surface area contributed by atoms with Crippen LogP contribution in [0.2, 0.25) is 0 Å². The van der Waals surface area contributed by atoms with Crippen molar-refractivity contribution in [3.05, 3.63) is 29.5 Å². The van der Waals surface area contributed by atoms with Crippen LogP contribution >= 0.6 is 0 Å². The maximum atomic E-state index is 5.64. The molecular weight excluding hydrogens is 202 g/mol. The van der Waals surface area contributed by atoms with Gasteiger partial charge in [-0.1, -0.05) is 11.6 Å². The number of aromatic amines is 1. The molecule has 4 nitrogen and oxygen atoms in total. The maximum absolute atomic E-state index is 5.64. The molecule has 0 aliphatic heterocycles. The topological polar surface area (TPSA) is 63.9 Å². The first-order valence-electron chi connectivity index (χ1n) is 5.09. The van der Waals surface area contributed by atoms with E-state index < -0.39 is 0 Å². The Balaban J connectivity index is 2.62. The van der Waals surface area contributed by atoms with E-state index in [1.54, 1.807) is 7.11 Å². The van der Waals surface area contributed by atoms with Crippen molar-refractivity contribution in [2.24, 2.45) is 0 Å². The smallest absolute Gasteiger partial charge is 0.198 e. The van der Waals surface area contributed by atoms with Crippen molar-refractivity contribution in [2.75, 3.05) is 12.8 Å². The zero-order valence-electron chi connectivity index (χ0n) is 9.66. The summed E-state index contributed by atoms with van der Waals surface area (Å²) in [6, 6.07) is 5.99. The highest BCUT2D eigenvalue weighted by atomic mass is 16.5. The summed E-state index contributed by atoms with van der Waals surface area (Å²) in [6.07, 6.45) is 0. The highest BCUT2D eigenvalue weighted by Crippen LogP contribution is 2.31. The second-order valence-corrected chi connectivity index (χ2v) is 3.80. The number of nitrogens with two attached hydrogens (primary N) is 1. The molecule has 0 atom stereocenters. The summed E-state index contributed by atoms with van der Waals surface area (Å²) < 4.78 is 5.32. The number of nitrogens with one attached hydrogen (secondary N) is 1. The third-order valence-corrected chi connectivity index (χ3v) is 2.51. The average Bonchev–Trinajstić information content (AvgIpc) is 2.57. The lowest BCUT2D eigenvalue weighted by atomic mass is 10.1. The molecule has 84 valence electrons. The van der Waals surface area contributed by atoms with E-state index >= 15 is 0 Å². The van der Waals surface area contributed by atoms with Gasteiger partial charge >= 0.3 is 0 Å². The van der Waals surface area contributed by atoms with Crippen LogP contribution in [0.4, 0.5) is 5.95 Å². The third kappa shape index (κ3) is 1.74. The number of nitrogen functional groups attached to an aromatic ring is 1. The van der Waals surface area contributed by atoms with E-state index in [0.29, 0.717) is 5.95 Å². The minimum absolute atomic E-state index is 0.427. The molecule has 0 saturated carbocycles. The monoisotopic (exact) mass is 217 g/mol.